The molecule has 0 spiro atoms. The Morgan fingerprint density at radius 1 is 1.19 bits per heavy atom. The van der Waals surface area contributed by atoms with E-state index in [1.165, 1.54) is 12.5 Å². The summed E-state index contributed by atoms with van der Waals surface area (Å²) in [6.45, 7) is 7.82. The number of ether oxygens (including phenoxy) is 2. The first-order valence-corrected chi connectivity index (χ1v) is 7.31. The maximum absolute atomic E-state index is 12.5. The van der Waals surface area contributed by atoms with Gasteiger partial charge in [0, 0.05) is 6.42 Å². The van der Waals surface area contributed by atoms with Crippen LogP contribution in [-0.2, 0) is 25.5 Å². The Hall–Kier alpha value is -1.78. The Kier molecular flexibility index (Phi) is 6.46. The Morgan fingerprint density at radius 3 is 2.14 bits per heavy atom. The van der Waals surface area contributed by atoms with E-state index in [0.29, 0.717) is 6.42 Å². The van der Waals surface area contributed by atoms with Gasteiger partial charge < -0.3 is 13.9 Å². The topological polar surface area (TPSA) is 65.7 Å². The van der Waals surface area contributed by atoms with E-state index >= 15 is 0 Å². The van der Waals surface area contributed by atoms with Gasteiger partial charge in [-0.2, -0.15) is 0 Å². The number of furan rings is 1. The molecule has 0 radical (unpaired) electrons. The average molecular weight is 296 g/mol. The van der Waals surface area contributed by atoms with E-state index in [4.69, 9.17) is 13.9 Å². The number of carbonyl (C=O) groups is 2. The Morgan fingerprint density at radius 2 is 1.76 bits per heavy atom. The van der Waals surface area contributed by atoms with Crippen molar-refractivity contribution < 1.29 is 23.5 Å². The number of hydrogen-bond donors (Lipinski definition) is 0. The molecule has 1 aromatic heterocycles. The molecule has 0 unspecified atom stereocenters. The predicted molar refractivity (Wildman–Crippen MR) is 77.6 cm³/mol. The van der Waals surface area contributed by atoms with Gasteiger partial charge in [0.25, 0.3) is 0 Å². The Balaban J connectivity index is 3.18. The molecule has 0 N–H and O–H groups in total. The molecule has 1 aromatic rings. The molecule has 0 aliphatic rings. The van der Waals surface area contributed by atoms with Gasteiger partial charge >= 0.3 is 11.9 Å². The van der Waals surface area contributed by atoms with Gasteiger partial charge in [0.1, 0.15) is 0 Å². The summed E-state index contributed by atoms with van der Waals surface area (Å²) in [5.74, 6) is -0.914. The first-order valence-electron chi connectivity index (χ1n) is 7.31. The number of rotatable bonds is 8. The van der Waals surface area contributed by atoms with Crippen molar-refractivity contribution in [1.82, 2.24) is 0 Å². The Bertz CT molecular complexity index is 429. The molecule has 0 saturated carbocycles. The van der Waals surface area contributed by atoms with Crippen LogP contribution >= 0.6 is 0 Å². The SMILES string of the molecule is CCOC(=O)C(Cc1ccoc1)(CC(C)C)C(=O)OCC. The lowest BCUT2D eigenvalue weighted by atomic mass is 9.75. The highest BCUT2D eigenvalue weighted by atomic mass is 16.6. The van der Waals surface area contributed by atoms with Crippen LogP contribution in [0, 0.1) is 11.3 Å². The lowest BCUT2D eigenvalue weighted by Crippen LogP contribution is -2.45. The molecule has 5 heteroatoms. The van der Waals surface area contributed by atoms with Crippen molar-refractivity contribution in [3.05, 3.63) is 24.2 Å². The fraction of sp³-hybridized carbons (Fsp3) is 0.625. The van der Waals surface area contributed by atoms with Crippen molar-refractivity contribution in [1.29, 1.82) is 0 Å². The summed E-state index contributed by atoms with van der Waals surface area (Å²) in [4.78, 5) is 25.0. The lowest BCUT2D eigenvalue weighted by molar-refractivity contribution is -0.173. The summed E-state index contributed by atoms with van der Waals surface area (Å²) >= 11 is 0. The van der Waals surface area contributed by atoms with Crippen molar-refractivity contribution in [2.45, 2.75) is 40.5 Å². The van der Waals surface area contributed by atoms with E-state index in [2.05, 4.69) is 0 Å². The van der Waals surface area contributed by atoms with Crippen LogP contribution in [0.25, 0.3) is 0 Å². The molecule has 0 saturated heterocycles. The first-order chi connectivity index (χ1) is 9.96. The molecule has 0 atom stereocenters. The molecule has 0 aliphatic carbocycles. The van der Waals surface area contributed by atoms with E-state index in [9.17, 15) is 9.59 Å². The molecule has 21 heavy (non-hydrogen) atoms. The molecule has 0 amide bonds. The summed E-state index contributed by atoms with van der Waals surface area (Å²) < 4.78 is 15.3. The van der Waals surface area contributed by atoms with Crippen LogP contribution in [0.1, 0.15) is 39.7 Å². The molecular formula is C16H24O5. The lowest BCUT2D eigenvalue weighted by Gasteiger charge is -2.30. The normalized spacial score (nSPS) is 11.5. The van der Waals surface area contributed by atoms with Gasteiger partial charge in [0.05, 0.1) is 25.7 Å². The molecule has 0 fully saturated rings. The van der Waals surface area contributed by atoms with Crippen molar-refractivity contribution in [2.24, 2.45) is 11.3 Å². The minimum absolute atomic E-state index is 0.144. The van der Waals surface area contributed by atoms with Crippen molar-refractivity contribution in [3.63, 3.8) is 0 Å². The maximum Gasteiger partial charge on any atom is 0.323 e. The Labute approximate surface area is 125 Å². The van der Waals surface area contributed by atoms with Gasteiger partial charge in [0.2, 0.25) is 0 Å². The van der Waals surface area contributed by atoms with Crippen molar-refractivity contribution >= 4 is 11.9 Å². The van der Waals surface area contributed by atoms with Crippen LogP contribution in [0.15, 0.2) is 23.0 Å². The first kappa shape index (κ1) is 17.3. The minimum atomic E-state index is -1.32. The third-order valence-corrected chi connectivity index (χ3v) is 3.18. The van der Waals surface area contributed by atoms with Crippen LogP contribution in [-0.4, -0.2) is 25.2 Å². The second-order valence-electron chi connectivity index (χ2n) is 5.43. The molecule has 0 aromatic carbocycles. The van der Waals surface area contributed by atoms with E-state index < -0.39 is 17.4 Å². The van der Waals surface area contributed by atoms with Crippen LogP contribution in [0.5, 0.6) is 0 Å². The van der Waals surface area contributed by atoms with Gasteiger partial charge in [-0.3, -0.25) is 9.59 Å². The number of esters is 2. The number of carbonyl (C=O) groups excluding carboxylic acids is 2. The summed E-state index contributed by atoms with van der Waals surface area (Å²) in [7, 11) is 0. The summed E-state index contributed by atoms with van der Waals surface area (Å²) in [6, 6.07) is 1.74. The van der Waals surface area contributed by atoms with Gasteiger partial charge in [-0.05, 0) is 37.8 Å². The minimum Gasteiger partial charge on any atom is -0.472 e. The zero-order chi connectivity index (χ0) is 15.9. The molecule has 0 bridgehead atoms. The molecule has 118 valence electrons. The average Bonchev–Trinajstić information content (AvgIpc) is 2.90. The van der Waals surface area contributed by atoms with Gasteiger partial charge in [0.15, 0.2) is 5.41 Å². The quantitative estimate of drug-likeness (QED) is 0.545. The van der Waals surface area contributed by atoms with Crippen molar-refractivity contribution in [3.8, 4) is 0 Å². The third kappa shape index (κ3) is 4.34. The fourth-order valence-electron chi connectivity index (χ4n) is 2.44. The van der Waals surface area contributed by atoms with E-state index in [1.807, 2.05) is 13.8 Å². The molecule has 5 nitrogen and oxygen atoms in total. The highest BCUT2D eigenvalue weighted by Crippen LogP contribution is 2.34. The smallest absolute Gasteiger partial charge is 0.323 e. The fourth-order valence-corrected chi connectivity index (χ4v) is 2.44. The molecule has 0 aliphatic heterocycles. The van der Waals surface area contributed by atoms with Crippen LogP contribution < -0.4 is 0 Å². The molecule has 1 rings (SSSR count). The standard InChI is InChI=1S/C16H24O5/c1-5-20-14(17)16(9-12(3)4,15(18)21-6-2)10-13-7-8-19-11-13/h7-8,11-12H,5-6,9-10H2,1-4H3. The monoisotopic (exact) mass is 296 g/mol. The van der Waals surface area contributed by atoms with E-state index in [-0.39, 0.29) is 25.6 Å². The highest BCUT2D eigenvalue weighted by molar-refractivity contribution is 6.00. The van der Waals surface area contributed by atoms with Crippen LogP contribution in [0.4, 0.5) is 0 Å². The highest BCUT2D eigenvalue weighted by Gasteiger charge is 2.49. The van der Waals surface area contributed by atoms with Gasteiger partial charge in [-0.25, -0.2) is 0 Å². The third-order valence-electron chi connectivity index (χ3n) is 3.18. The van der Waals surface area contributed by atoms with Gasteiger partial charge in [-0.15, -0.1) is 0 Å². The molecule has 1 heterocycles. The zero-order valence-corrected chi connectivity index (χ0v) is 13.2. The largest absolute Gasteiger partial charge is 0.472 e. The van der Waals surface area contributed by atoms with Crippen molar-refractivity contribution in [2.75, 3.05) is 13.2 Å². The zero-order valence-electron chi connectivity index (χ0n) is 13.2. The van der Waals surface area contributed by atoms with Gasteiger partial charge in [-0.1, -0.05) is 13.8 Å². The summed E-state index contributed by atoms with van der Waals surface area (Å²) in [5.41, 5.74) is -0.541. The summed E-state index contributed by atoms with van der Waals surface area (Å²) in [5, 5.41) is 0. The van der Waals surface area contributed by atoms with E-state index in [1.54, 1.807) is 19.9 Å². The predicted octanol–water partition coefficient (Wildman–Crippen LogP) is 2.98. The van der Waals surface area contributed by atoms with E-state index in [0.717, 1.165) is 5.56 Å². The second-order valence-corrected chi connectivity index (χ2v) is 5.43. The molecular weight excluding hydrogens is 272 g/mol. The van der Waals surface area contributed by atoms with Crippen LogP contribution in [0.2, 0.25) is 0 Å². The maximum atomic E-state index is 12.5. The second kappa shape index (κ2) is 7.86. The number of hydrogen-bond acceptors (Lipinski definition) is 5. The summed E-state index contributed by atoms with van der Waals surface area (Å²) in [6.07, 6.45) is 3.65. The van der Waals surface area contributed by atoms with Crippen LogP contribution in [0.3, 0.4) is 0 Å².